The number of benzene rings is 3. The van der Waals surface area contributed by atoms with E-state index in [4.69, 9.17) is 0 Å². The summed E-state index contributed by atoms with van der Waals surface area (Å²) in [7, 11) is 0. The number of fused-ring (bicyclic) bond motifs is 1. The van der Waals surface area contributed by atoms with Gasteiger partial charge in [-0.05, 0) is 53.8 Å². The third-order valence-corrected chi connectivity index (χ3v) is 4.97. The summed E-state index contributed by atoms with van der Waals surface area (Å²) in [4.78, 5) is 35.9. The Morgan fingerprint density at radius 2 is 1.48 bits per heavy atom. The first kappa shape index (κ1) is 18.6. The van der Waals surface area contributed by atoms with E-state index in [1.807, 2.05) is 36.4 Å². The normalized spacial score (nSPS) is 14.0. The highest BCUT2D eigenvalue weighted by Gasteiger charge is 2.28. The van der Waals surface area contributed by atoms with Crippen LogP contribution in [-0.4, -0.2) is 17.8 Å². The Morgan fingerprint density at radius 1 is 0.828 bits per heavy atom. The summed E-state index contributed by atoms with van der Waals surface area (Å²) in [6.07, 6.45) is 2.24. The van der Waals surface area contributed by atoms with Gasteiger partial charge in [0.05, 0.1) is 0 Å². The van der Waals surface area contributed by atoms with Crippen molar-refractivity contribution in [2.75, 3.05) is 0 Å². The van der Waals surface area contributed by atoms with Crippen LogP contribution in [0.2, 0.25) is 0 Å². The number of aryl methyl sites for hydroxylation is 2. The monoisotopic (exact) mass is 384 g/mol. The van der Waals surface area contributed by atoms with Crippen LogP contribution in [0.5, 0.6) is 0 Å². The quantitative estimate of drug-likeness (QED) is 0.533. The number of hydrogen-bond donors (Lipinski definition) is 2. The van der Waals surface area contributed by atoms with Crippen molar-refractivity contribution in [1.29, 1.82) is 0 Å². The van der Waals surface area contributed by atoms with Gasteiger partial charge in [0.1, 0.15) is 5.57 Å². The number of amides is 4. The van der Waals surface area contributed by atoms with E-state index in [0.29, 0.717) is 6.42 Å². The zero-order valence-electron chi connectivity index (χ0n) is 16.2. The average molecular weight is 384 g/mol. The lowest BCUT2D eigenvalue weighted by Crippen LogP contribution is -2.51. The molecule has 0 aromatic heterocycles. The second-order valence-corrected chi connectivity index (χ2v) is 7.33. The van der Waals surface area contributed by atoms with Gasteiger partial charge in [-0.1, -0.05) is 65.7 Å². The number of nitrogens with one attached hydrogen (secondary N) is 2. The molecule has 0 spiro atoms. The Morgan fingerprint density at radius 3 is 2.17 bits per heavy atom. The van der Waals surface area contributed by atoms with Crippen molar-refractivity contribution in [2.45, 2.75) is 20.3 Å². The van der Waals surface area contributed by atoms with Gasteiger partial charge in [0, 0.05) is 0 Å². The molecule has 3 aromatic carbocycles. The van der Waals surface area contributed by atoms with E-state index < -0.39 is 17.8 Å². The number of barbiturate groups is 1. The molecule has 29 heavy (non-hydrogen) atoms. The van der Waals surface area contributed by atoms with Gasteiger partial charge in [0.15, 0.2) is 0 Å². The number of imide groups is 2. The molecule has 1 aliphatic heterocycles. The molecule has 0 radical (unpaired) electrons. The van der Waals surface area contributed by atoms with Crippen molar-refractivity contribution in [3.63, 3.8) is 0 Å². The Hall–Kier alpha value is -3.73. The summed E-state index contributed by atoms with van der Waals surface area (Å²) >= 11 is 0. The highest BCUT2D eigenvalue weighted by Crippen LogP contribution is 2.28. The summed E-state index contributed by atoms with van der Waals surface area (Å²) in [6.45, 7) is 4.13. The van der Waals surface area contributed by atoms with Gasteiger partial charge in [0.2, 0.25) is 0 Å². The van der Waals surface area contributed by atoms with E-state index in [0.717, 1.165) is 27.5 Å². The molecule has 1 saturated heterocycles. The number of urea groups is 1. The first-order valence-corrected chi connectivity index (χ1v) is 9.37. The predicted molar refractivity (Wildman–Crippen MR) is 112 cm³/mol. The summed E-state index contributed by atoms with van der Waals surface area (Å²) in [5.74, 6) is -1.38. The van der Waals surface area contributed by atoms with Crippen LogP contribution in [0.15, 0.2) is 60.2 Å². The van der Waals surface area contributed by atoms with E-state index in [-0.39, 0.29) is 5.57 Å². The average Bonchev–Trinajstić information content (AvgIpc) is 2.65. The first-order valence-electron chi connectivity index (χ1n) is 9.37. The minimum Gasteiger partial charge on any atom is -0.273 e. The zero-order chi connectivity index (χ0) is 20.5. The Labute approximate surface area is 168 Å². The van der Waals surface area contributed by atoms with E-state index in [2.05, 4.69) is 42.7 Å². The van der Waals surface area contributed by atoms with E-state index >= 15 is 0 Å². The van der Waals surface area contributed by atoms with Crippen LogP contribution in [0.25, 0.3) is 16.8 Å². The van der Waals surface area contributed by atoms with Crippen LogP contribution in [0.3, 0.4) is 0 Å². The molecule has 5 heteroatoms. The largest absolute Gasteiger partial charge is 0.328 e. The minimum absolute atomic E-state index is 0.0809. The number of carbonyl (C=O) groups is 3. The molecule has 0 unspecified atom stereocenters. The summed E-state index contributed by atoms with van der Waals surface area (Å²) < 4.78 is 0. The van der Waals surface area contributed by atoms with Gasteiger partial charge in [-0.15, -0.1) is 0 Å². The summed E-state index contributed by atoms with van der Waals surface area (Å²) in [5.41, 5.74) is 5.25. The van der Waals surface area contributed by atoms with Crippen molar-refractivity contribution < 1.29 is 14.4 Å². The fraction of sp³-hybridized carbons (Fsp3) is 0.125. The summed E-state index contributed by atoms with van der Waals surface area (Å²) in [6, 6.07) is 17.5. The number of rotatable bonds is 3. The number of carbonyl (C=O) groups excluding carboxylic acids is 3. The topological polar surface area (TPSA) is 75.3 Å². The maximum atomic E-state index is 12.3. The molecule has 3 aromatic rings. The van der Waals surface area contributed by atoms with Gasteiger partial charge in [0.25, 0.3) is 11.8 Å². The lowest BCUT2D eigenvalue weighted by Gasteiger charge is -2.16. The third-order valence-electron chi connectivity index (χ3n) is 4.97. The molecule has 5 nitrogen and oxygen atoms in total. The molecule has 0 bridgehead atoms. The Bertz CT molecular complexity index is 1170. The van der Waals surface area contributed by atoms with Crippen LogP contribution in [0.4, 0.5) is 4.79 Å². The lowest BCUT2D eigenvalue weighted by atomic mass is 9.92. The van der Waals surface area contributed by atoms with E-state index in [1.165, 1.54) is 11.1 Å². The van der Waals surface area contributed by atoms with Gasteiger partial charge in [-0.25, -0.2) is 4.79 Å². The standard InChI is InChI=1S/C24H20N2O3/c1-14-9-15(2)11-16(10-14)12-18-8-7-17-5-3-4-6-19(17)20(18)13-21-22(27)25-24(29)26-23(21)28/h3-11,13H,12H2,1-2H3,(H2,25,26,27,28,29). The maximum absolute atomic E-state index is 12.3. The molecule has 1 fully saturated rings. The van der Waals surface area contributed by atoms with Crippen molar-refractivity contribution in [3.05, 3.63) is 88.0 Å². The molecular weight excluding hydrogens is 364 g/mol. The SMILES string of the molecule is Cc1cc(C)cc(Cc2ccc3ccccc3c2C=C2C(=O)NC(=O)NC2=O)c1. The Balaban J connectivity index is 1.87. The second-order valence-electron chi connectivity index (χ2n) is 7.33. The third kappa shape index (κ3) is 3.80. The van der Waals surface area contributed by atoms with Gasteiger partial charge >= 0.3 is 6.03 Å². The molecule has 4 rings (SSSR count). The van der Waals surface area contributed by atoms with Crippen LogP contribution in [0, 0.1) is 13.8 Å². The molecular formula is C24H20N2O3. The second kappa shape index (κ2) is 7.36. The van der Waals surface area contributed by atoms with Crippen molar-refractivity contribution in [3.8, 4) is 0 Å². The van der Waals surface area contributed by atoms with E-state index in [9.17, 15) is 14.4 Å². The van der Waals surface area contributed by atoms with E-state index in [1.54, 1.807) is 6.08 Å². The summed E-state index contributed by atoms with van der Waals surface area (Å²) in [5, 5.41) is 6.22. The first-order chi connectivity index (χ1) is 13.9. The molecule has 1 heterocycles. The molecule has 1 aliphatic rings. The van der Waals surface area contributed by atoms with Crippen LogP contribution < -0.4 is 10.6 Å². The molecule has 0 atom stereocenters. The minimum atomic E-state index is -0.800. The maximum Gasteiger partial charge on any atom is 0.328 e. The van der Waals surface area contributed by atoms with Crippen LogP contribution >= 0.6 is 0 Å². The van der Waals surface area contributed by atoms with Crippen molar-refractivity contribution in [1.82, 2.24) is 10.6 Å². The predicted octanol–water partition coefficient (Wildman–Crippen LogP) is 3.80. The highest BCUT2D eigenvalue weighted by atomic mass is 16.2. The van der Waals surface area contributed by atoms with Crippen LogP contribution in [0.1, 0.15) is 27.8 Å². The molecule has 144 valence electrons. The zero-order valence-corrected chi connectivity index (χ0v) is 16.2. The lowest BCUT2D eigenvalue weighted by molar-refractivity contribution is -0.123. The van der Waals surface area contributed by atoms with Gasteiger partial charge < -0.3 is 0 Å². The van der Waals surface area contributed by atoms with Gasteiger partial charge in [-0.3, -0.25) is 20.2 Å². The van der Waals surface area contributed by atoms with Crippen molar-refractivity contribution in [2.24, 2.45) is 0 Å². The molecule has 0 saturated carbocycles. The molecule has 2 N–H and O–H groups in total. The molecule has 4 amide bonds. The van der Waals surface area contributed by atoms with Gasteiger partial charge in [-0.2, -0.15) is 0 Å². The van der Waals surface area contributed by atoms with Crippen molar-refractivity contribution >= 4 is 34.7 Å². The molecule has 0 aliphatic carbocycles. The Kier molecular flexibility index (Phi) is 4.72. The fourth-order valence-corrected chi connectivity index (χ4v) is 3.81. The highest BCUT2D eigenvalue weighted by molar-refractivity contribution is 6.31. The smallest absolute Gasteiger partial charge is 0.273 e. The van der Waals surface area contributed by atoms with Crippen LogP contribution in [-0.2, 0) is 16.0 Å². The fourth-order valence-electron chi connectivity index (χ4n) is 3.81. The number of hydrogen-bond acceptors (Lipinski definition) is 3.